The number of carbonyl (C=O) groups excluding carboxylic acids is 5. The third-order valence-electron chi connectivity index (χ3n) is 10.1. The molecule has 1 heterocycles. The van der Waals surface area contributed by atoms with Gasteiger partial charge >= 0.3 is 6.03 Å². The Morgan fingerprint density at radius 2 is 1.69 bits per heavy atom. The van der Waals surface area contributed by atoms with Gasteiger partial charge < -0.3 is 26.2 Å². The molecule has 4 N–H and O–H groups in total. The number of Topliss-reactive ketones (excluding diaryl/α,β-unsaturated/α-hetero) is 1. The minimum Gasteiger partial charge on any atom is -0.346 e. The zero-order valence-corrected chi connectivity index (χ0v) is 30.5. The standard InChI is InChI=1S/C34H58N6O7S/c1-8-10-17-25(27(41)30(43)35-20-9-2)36-29(42)26-24-16-14-15-23(24)21-40(26)31(44)28(33(3,4)5)37-32(45)38-34(18-12-11-13-19-34)22-48(46,47)39(6)7/h9,23-26,28H,2,8,10-22H2,1,3-7H3,(H,35,43)(H,36,42)(H2,37,38,45)/t23-,24-,25-,26-,28+/m0/s1. The fraction of sp³-hybridized carbons (Fsp3) is 0.794. The van der Waals surface area contributed by atoms with Crippen molar-refractivity contribution in [1.29, 1.82) is 0 Å². The predicted molar refractivity (Wildman–Crippen MR) is 184 cm³/mol. The van der Waals surface area contributed by atoms with Crippen molar-refractivity contribution in [1.82, 2.24) is 30.5 Å². The highest BCUT2D eigenvalue weighted by molar-refractivity contribution is 7.89. The summed E-state index contributed by atoms with van der Waals surface area (Å²) in [7, 11) is -0.688. The van der Waals surface area contributed by atoms with Crippen molar-refractivity contribution in [2.75, 3.05) is 32.9 Å². The minimum absolute atomic E-state index is 0.0987. The molecule has 0 aromatic rings. The number of fused-ring (bicyclic) bond motifs is 1. The summed E-state index contributed by atoms with van der Waals surface area (Å²) >= 11 is 0. The van der Waals surface area contributed by atoms with Crippen LogP contribution in [0.5, 0.6) is 0 Å². The average molecular weight is 695 g/mol. The molecule has 0 aromatic heterocycles. The fourth-order valence-corrected chi connectivity index (χ4v) is 8.76. The van der Waals surface area contributed by atoms with Crippen LogP contribution in [0.1, 0.15) is 98.3 Å². The number of nitrogens with one attached hydrogen (secondary N) is 4. The molecule has 48 heavy (non-hydrogen) atoms. The Labute approximate surface area is 286 Å². The first kappa shape index (κ1) is 39.4. The van der Waals surface area contributed by atoms with Gasteiger partial charge in [-0.15, -0.1) is 6.58 Å². The Balaban J connectivity index is 1.85. The minimum atomic E-state index is -3.63. The first-order valence-corrected chi connectivity index (χ1v) is 19.1. The van der Waals surface area contributed by atoms with Crippen LogP contribution in [0, 0.1) is 17.3 Å². The van der Waals surface area contributed by atoms with Gasteiger partial charge in [-0.25, -0.2) is 17.5 Å². The normalized spacial score (nSPS) is 23.5. The third kappa shape index (κ3) is 9.79. The number of sulfonamides is 1. The number of urea groups is 1. The topological polar surface area (TPSA) is 174 Å². The monoisotopic (exact) mass is 694 g/mol. The first-order valence-electron chi connectivity index (χ1n) is 17.5. The summed E-state index contributed by atoms with van der Waals surface area (Å²) in [5.41, 5.74) is -1.73. The zero-order valence-electron chi connectivity index (χ0n) is 29.7. The molecule has 0 spiro atoms. The number of amides is 5. The molecule has 3 fully saturated rings. The van der Waals surface area contributed by atoms with E-state index in [1.807, 2.05) is 27.7 Å². The van der Waals surface area contributed by atoms with Crippen LogP contribution < -0.4 is 21.3 Å². The quantitative estimate of drug-likeness (QED) is 0.151. The summed E-state index contributed by atoms with van der Waals surface area (Å²) in [6, 6.07) is -3.55. The van der Waals surface area contributed by atoms with Crippen molar-refractivity contribution in [3.05, 3.63) is 12.7 Å². The molecule has 0 unspecified atom stereocenters. The zero-order chi connectivity index (χ0) is 35.9. The first-order chi connectivity index (χ1) is 22.5. The molecule has 272 valence electrons. The lowest BCUT2D eigenvalue weighted by atomic mass is 9.83. The molecule has 14 heteroatoms. The molecule has 3 aliphatic rings. The lowest BCUT2D eigenvalue weighted by Crippen LogP contribution is -2.63. The maximum Gasteiger partial charge on any atom is 0.315 e. The van der Waals surface area contributed by atoms with E-state index in [0.717, 1.165) is 49.3 Å². The van der Waals surface area contributed by atoms with E-state index in [-0.39, 0.29) is 30.6 Å². The molecule has 5 amide bonds. The average Bonchev–Trinajstić information content (AvgIpc) is 3.61. The number of rotatable bonds is 15. The molecule has 0 bridgehead atoms. The maximum absolute atomic E-state index is 14.4. The van der Waals surface area contributed by atoms with E-state index in [1.165, 1.54) is 20.2 Å². The van der Waals surface area contributed by atoms with Crippen molar-refractivity contribution in [2.45, 2.75) is 122 Å². The summed E-state index contributed by atoms with van der Waals surface area (Å²) < 4.78 is 27.0. The van der Waals surface area contributed by atoms with Crippen LogP contribution >= 0.6 is 0 Å². The summed E-state index contributed by atoms with van der Waals surface area (Å²) in [4.78, 5) is 69.3. The molecule has 1 saturated heterocycles. The highest BCUT2D eigenvalue weighted by atomic mass is 32.2. The largest absolute Gasteiger partial charge is 0.346 e. The lowest BCUT2D eigenvalue weighted by Gasteiger charge is -2.40. The molecule has 13 nitrogen and oxygen atoms in total. The SMILES string of the molecule is C=CCNC(=O)C(=O)[C@H](CCCC)NC(=O)[C@@H]1[C@H]2CCC[C@H]2CN1C(=O)[C@@H](NC(=O)NC1(CS(=O)(=O)N(C)C)CCCCC1)C(C)(C)C. The van der Waals surface area contributed by atoms with Crippen molar-refractivity contribution in [2.24, 2.45) is 17.3 Å². The summed E-state index contributed by atoms with van der Waals surface area (Å²) in [5.74, 6) is -2.68. The van der Waals surface area contributed by atoms with Gasteiger partial charge in [-0.3, -0.25) is 19.2 Å². The molecule has 0 aromatic carbocycles. The smallest absolute Gasteiger partial charge is 0.315 e. The Morgan fingerprint density at radius 1 is 1.02 bits per heavy atom. The highest BCUT2D eigenvalue weighted by Crippen LogP contribution is 2.43. The van der Waals surface area contributed by atoms with Crippen molar-refractivity contribution in [3.8, 4) is 0 Å². The molecule has 2 saturated carbocycles. The maximum atomic E-state index is 14.4. The van der Waals surface area contributed by atoms with Gasteiger partial charge in [-0.05, 0) is 49.4 Å². The van der Waals surface area contributed by atoms with Crippen LogP contribution in [0.4, 0.5) is 4.79 Å². The predicted octanol–water partition coefficient (Wildman–Crippen LogP) is 2.47. The summed E-state index contributed by atoms with van der Waals surface area (Å²) in [6.45, 7) is 11.5. The second kappa shape index (κ2) is 16.6. The van der Waals surface area contributed by atoms with Gasteiger partial charge in [0.15, 0.2) is 0 Å². The van der Waals surface area contributed by atoms with Crippen molar-refractivity contribution < 1.29 is 32.4 Å². The van der Waals surface area contributed by atoms with E-state index in [2.05, 4.69) is 27.8 Å². The van der Waals surface area contributed by atoms with Gasteiger partial charge in [0.1, 0.15) is 12.1 Å². The van der Waals surface area contributed by atoms with Crippen LogP contribution in [0.3, 0.4) is 0 Å². The summed E-state index contributed by atoms with van der Waals surface area (Å²) in [5, 5.41) is 11.1. The van der Waals surface area contributed by atoms with E-state index in [1.54, 1.807) is 4.90 Å². The van der Waals surface area contributed by atoms with E-state index >= 15 is 0 Å². The number of ketones is 1. The summed E-state index contributed by atoms with van der Waals surface area (Å²) in [6.07, 6.45) is 9.16. The van der Waals surface area contributed by atoms with Crippen LogP contribution in [-0.4, -0.2) is 104 Å². The van der Waals surface area contributed by atoms with E-state index in [0.29, 0.717) is 25.8 Å². The Morgan fingerprint density at radius 3 is 2.27 bits per heavy atom. The Bertz CT molecular complexity index is 1310. The number of nitrogens with zero attached hydrogens (tertiary/aromatic N) is 2. The molecule has 0 radical (unpaired) electrons. The van der Waals surface area contributed by atoms with Gasteiger partial charge in [-0.1, -0.05) is 72.3 Å². The van der Waals surface area contributed by atoms with Crippen LogP contribution in [0.2, 0.25) is 0 Å². The second-order valence-corrected chi connectivity index (χ2v) is 17.3. The van der Waals surface area contributed by atoms with Gasteiger partial charge in [0.2, 0.25) is 27.6 Å². The molecule has 5 atom stereocenters. The molecular weight excluding hydrogens is 636 g/mol. The number of likely N-dealkylation sites (tertiary alicyclic amines) is 1. The van der Waals surface area contributed by atoms with E-state index in [4.69, 9.17) is 0 Å². The van der Waals surface area contributed by atoms with Gasteiger partial charge in [-0.2, -0.15) is 0 Å². The number of unbranched alkanes of at least 4 members (excludes halogenated alkanes) is 1. The van der Waals surface area contributed by atoms with Crippen LogP contribution in [-0.2, 0) is 29.2 Å². The van der Waals surface area contributed by atoms with Crippen LogP contribution in [0.15, 0.2) is 12.7 Å². The molecule has 3 rings (SSSR count). The highest BCUT2D eigenvalue weighted by Gasteiger charge is 2.52. The fourth-order valence-electron chi connectivity index (χ4n) is 7.45. The number of hydrogen-bond acceptors (Lipinski definition) is 7. The molecule has 2 aliphatic carbocycles. The van der Waals surface area contributed by atoms with Gasteiger partial charge in [0.25, 0.3) is 5.91 Å². The second-order valence-electron chi connectivity index (χ2n) is 15.1. The molecule has 1 aliphatic heterocycles. The van der Waals surface area contributed by atoms with Crippen LogP contribution in [0.25, 0.3) is 0 Å². The van der Waals surface area contributed by atoms with Gasteiger partial charge in [0.05, 0.1) is 17.3 Å². The molecular formula is C34H58N6O7S. The Kier molecular flexibility index (Phi) is 13.6. The van der Waals surface area contributed by atoms with E-state index < -0.39 is 68.6 Å². The number of hydrogen-bond donors (Lipinski definition) is 4. The third-order valence-corrected chi connectivity index (χ3v) is 12.2. The Hall–Kier alpha value is -3.00. The number of carbonyl (C=O) groups is 5. The van der Waals surface area contributed by atoms with E-state index in [9.17, 15) is 32.4 Å². The van der Waals surface area contributed by atoms with Gasteiger partial charge in [0, 0.05) is 27.2 Å². The lowest BCUT2D eigenvalue weighted by molar-refractivity contribution is -0.144. The van der Waals surface area contributed by atoms with Crippen molar-refractivity contribution >= 4 is 39.6 Å². The van der Waals surface area contributed by atoms with Crippen molar-refractivity contribution in [3.63, 3.8) is 0 Å².